The maximum Gasteiger partial charge on any atom is 0.106 e. The van der Waals surface area contributed by atoms with Crippen molar-refractivity contribution in [3.63, 3.8) is 0 Å². The van der Waals surface area contributed by atoms with Crippen molar-refractivity contribution in [3.05, 3.63) is 218 Å². The van der Waals surface area contributed by atoms with Gasteiger partial charge in [0.25, 0.3) is 0 Å². The van der Waals surface area contributed by atoms with E-state index >= 15 is 0 Å². The Kier molecular flexibility index (Phi) is 55.2. The van der Waals surface area contributed by atoms with E-state index in [9.17, 15) is 0 Å². The maximum atomic E-state index is 4.80. The molecule has 4 N–H and O–H groups in total. The molecule has 10 heterocycles. The van der Waals surface area contributed by atoms with Gasteiger partial charge in [0.05, 0.1) is 37.6 Å². The second kappa shape index (κ2) is 62.0. The quantitative estimate of drug-likeness (QED) is 0.175. The van der Waals surface area contributed by atoms with Crippen molar-refractivity contribution in [2.24, 2.45) is 10.2 Å². The molecule has 0 saturated carbocycles. The van der Waals surface area contributed by atoms with Crippen molar-refractivity contribution in [1.29, 1.82) is 0 Å². The number of hydrogen-bond acceptors (Lipinski definition) is 12. The summed E-state index contributed by atoms with van der Waals surface area (Å²) in [7, 11) is 0. The van der Waals surface area contributed by atoms with Gasteiger partial charge in [-0.05, 0) is 155 Å². The van der Waals surface area contributed by atoms with Crippen LogP contribution in [0.5, 0.6) is 0 Å². The summed E-state index contributed by atoms with van der Waals surface area (Å²) in [5.41, 5.74) is 5.58. The summed E-state index contributed by atoms with van der Waals surface area (Å²) in [5.74, 6) is 1.15. The highest BCUT2D eigenvalue weighted by Gasteiger charge is 1.88. The van der Waals surface area contributed by atoms with Crippen molar-refractivity contribution in [2.75, 3.05) is 51.7 Å². The fraction of sp³-hybridized carbons (Fsp3) is 0.377. The van der Waals surface area contributed by atoms with Gasteiger partial charge in [0.2, 0.25) is 0 Å². The number of hydrazone groups is 2. The van der Waals surface area contributed by atoms with E-state index < -0.39 is 0 Å². The molecule has 0 aromatic heterocycles. The van der Waals surface area contributed by atoms with Gasteiger partial charge in [-0.2, -0.15) is 10.2 Å². The van der Waals surface area contributed by atoms with Gasteiger partial charge in [0.15, 0.2) is 0 Å². The molecule has 13 aliphatic rings. The van der Waals surface area contributed by atoms with E-state index in [0.717, 1.165) is 83.8 Å². The first kappa shape index (κ1) is 64.9. The Morgan fingerprint density at radius 2 is 0.877 bits per heavy atom. The first-order valence-electron chi connectivity index (χ1n) is 26.0. The van der Waals surface area contributed by atoms with Crippen molar-refractivity contribution in [3.8, 4) is 0 Å². The number of ether oxygens (including phenoxy) is 4. The molecule has 10 nitrogen and oxygen atoms in total. The van der Waals surface area contributed by atoms with E-state index in [0.29, 0.717) is 0 Å². The van der Waals surface area contributed by atoms with Crippen LogP contribution in [-0.2, 0) is 18.9 Å². The third-order valence-electron chi connectivity index (χ3n) is 9.18. The summed E-state index contributed by atoms with van der Waals surface area (Å²) in [6, 6.07) is 0. The predicted molar refractivity (Wildman–Crippen MR) is 322 cm³/mol. The molecule has 0 saturated heterocycles. The minimum Gasteiger partial charge on any atom is -0.497 e. The van der Waals surface area contributed by atoms with Crippen LogP contribution in [0.4, 0.5) is 0 Å². The maximum absolute atomic E-state index is 4.80. The fourth-order valence-corrected chi connectivity index (χ4v) is 6.52. The van der Waals surface area contributed by atoms with Crippen molar-refractivity contribution in [2.45, 2.75) is 96.3 Å². The summed E-state index contributed by atoms with van der Waals surface area (Å²) < 4.78 is 19.0. The van der Waals surface area contributed by atoms with Crippen LogP contribution in [0.3, 0.4) is 0 Å². The summed E-state index contributed by atoms with van der Waals surface area (Å²) in [5, 5.41) is 19.9. The zero-order chi connectivity index (χ0) is 51.6. The molecule has 73 heavy (non-hydrogen) atoms. The molecule has 0 aromatic rings. The lowest BCUT2D eigenvalue weighted by molar-refractivity contribution is 0.286. The highest BCUT2D eigenvalue weighted by Crippen LogP contribution is 2.10. The van der Waals surface area contributed by atoms with Gasteiger partial charge < -0.3 is 40.4 Å². The molecule has 10 aliphatic heterocycles. The molecule has 0 amide bonds. The van der Waals surface area contributed by atoms with Crippen molar-refractivity contribution >= 4 is 36.0 Å². The monoisotopic (exact) mass is 1030 g/mol. The lowest BCUT2D eigenvalue weighted by Crippen LogP contribution is -2.04. The average Bonchev–Trinajstić information content (AvgIpc) is 4.38. The Hall–Kier alpha value is -6.08. The molecule has 0 bridgehead atoms. The fourth-order valence-electron chi connectivity index (χ4n) is 5.45. The standard InChI is InChI=1S/C6H10.C6H8.4C5H6O.2C5H6S.C5H8.2C4H7N.2C3H6N2/c8*1-2-4-6-5-3-1;5*1-2-4-5-3-1/h1-2H,3-6H2;1-4H,5-6H2;2*2-5H,1H2;2*1-4H,5H2;2-5H,1H2;1-4H,5H2;1-2H,3-5H2;1,3,5H,2,4H2;1-2,5H,3-4H2;2*2,5H,1,3H2. The van der Waals surface area contributed by atoms with E-state index in [1.807, 2.05) is 97.2 Å². The van der Waals surface area contributed by atoms with Gasteiger partial charge in [-0.15, -0.1) is 23.5 Å². The Morgan fingerprint density at radius 1 is 0.370 bits per heavy atom. The first-order chi connectivity index (χ1) is 36.5. The molecule has 0 fully saturated rings. The number of allylic oxidation sites excluding steroid dienone is 20. The van der Waals surface area contributed by atoms with Gasteiger partial charge >= 0.3 is 0 Å². The van der Waals surface area contributed by atoms with Crippen LogP contribution in [-0.4, -0.2) is 64.1 Å². The lowest BCUT2D eigenvalue weighted by atomic mass is 10.1. The zero-order valence-electron chi connectivity index (χ0n) is 43.5. The molecule has 398 valence electrons. The Bertz CT molecular complexity index is 1470. The highest BCUT2D eigenvalue weighted by molar-refractivity contribution is 8.04. The third kappa shape index (κ3) is 60.1. The number of nitrogens with one attached hydrogen (secondary N) is 4. The molecule has 0 spiro atoms. The number of nitrogens with zero attached hydrogens (tertiary/aromatic N) is 2. The molecular weight excluding hydrogens is 945 g/mol. The Balaban J connectivity index is 0.000000396. The normalized spacial score (nSPS) is 18.8. The largest absolute Gasteiger partial charge is 0.497 e. The second-order valence-electron chi connectivity index (χ2n) is 15.5. The van der Waals surface area contributed by atoms with E-state index in [1.54, 1.807) is 49.3 Å². The summed E-state index contributed by atoms with van der Waals surface area (Å²) in [6.07, 6.45) is 88.2. The van der Waals surface area contributed by atoms with Crippen LogP contribution >= 0.6 is 23.5 Å². The van der Waals surface area contributed by atoms with Crippen LogP contribution < -0.4 is 21.5 Å². The van der Waals surface area contributed by atoms with E-state index in [-0.39, 0.29) is 0 Å². The summed E-state index contributed by atoms with van der Waals surface area (Å²) in [6.45, 7) is 6.80. The molecule has 3 aliphatic carbocycles. The Morgan fingerprint density at radius 3 is 1.01 bits per heavy atom. The number of thioether (sulfide) groups is 2. The SMILES string of the molecule is C1=CCCC1.C1=CCCC=C1.C1=CCCCC1.C1=CCNC1.C1=CCOC=C1.C1=CCOC=C1.C1=CCSC=C1.C1=CNCC1.C1=COC=CC1.C1=COC=CC1.C1=CSC=CC1.C1=NNCC1.C1=NNCC1. The minimum atomic E-state index is 0.733. The smallest absolute Gasteiger partial charge is 0.106 e. The first-order valence-corrected chi connectivity index (χ1v) is 28.0. The van der Waals surface area contributed by atoms with Gasteiger partial charge in [0.1, 0.15) is 13.2 Å². The highest BCUT2D eigenvalue weighted by atomic mass is 32.2. The molecule has 0 unspecified atom stereocenters. The molecule has 0 radical (unpaired) electrons. The lowest BCUT2D eigenvalue weighted by Gasteiger charge is -1.97. The van der Waals surface area contributed by atoms with Gasteiger partial charge in [-0.25, -0.2) is 0 Å². The molecule has 0 aromatic carbocycles. The molecular formula is C61H88N6O4S2. The molecule has 13 rings (SSSR count). The number of hydrogen-bond donors (Lipinski definition) is 4. The van der Waals surface area contributed by atoms with Crippen LogP contribution in [0, 0.1) is 0 Å². The van der Waals surface area contributed by atoms with Crippen molar-refractivity contribution < 1.29 is 18.9 Å². The van der Waals surface area contributed by atoms with Crippen LogP contribution in [0.2, 0.25) is 0 Å². The van der Waals surface area contributed by atoms with E-state index in [4.69, 9.17) is 18.9 Å². The average molecular weight is 1030 g/mol. The van der Waals surface area contributed by atoms with E-state index in [1.165, 1.54) is 64.2 Å². The molecule has 0 atom stereocenters. The predicted octanol–water partition coefficient (Wildman–Crippen LogP) is 15.3. The van der Waals surface area contributed by atoms with Crippen LogP contribution in [0.15, 0.2) is 228 Å². The topological polar surface area (TPSA) is 110 Å². The second-order valence-corrected chi connectivity index (χ2v) is 17.3. The minimum absolute atomic E-state index is 0.733. The van der Waals surface area contributed by atoms with Gasteiger partial charge in [-0.3, -0.25) is 0 Å². The van der Waals surface area contributed by atoms with Crippen molar-refractivity contribution in [1.82, 2.24) is 21.5 Å². The van der Waals surface area contributed by atoms with Gasteiger partial charge in [-0.1, -0.05) is 109 Å². The third-order valence-corrected chi connectivity index (χ3v) is 10.6. The van der Waals surface area contributed by atoms with Crippen LogP contribution in [0.25, 0.3) is 0 Å². The number of rotatable bonds is 0. The van der Waals surface area contributed by atoms with Crippen LogP contribution in [0.1, 0.15) is 96.3 Å². The van der Waals surface area contributed by atoms with Gasteiger partial charge in [0, 0.05) is 63.7 Å². The zero-order valence-corrected chi connectivity index (χ0v) is 45.2. The molecule has 12 heteroatoms. The Labute approximate surface area is 450 Å². The summed E-state index contributed by atoms with van der Waals surface area (Å²) >= 11 is 3.56. The van der Waals surface area contributed by atoms with E-state index in [2.05, 4.69) is 139 Å². The summed E-state index contributed by atoms with van der Waals surface area (Å²) in [4.78, 5) is 0.